The van der Waals surface area contributed by atoms with E-state index in [2.05, 4.69) is 27.4 Å². The first-order chi connectivity index (χ1) is 13.1. The largest absolute Gasteiger partial charge is 0.367 e. The van der Waals surface area contributed by atoms with E-state index in [1.807, 2.05) is 37.3 Å². The number of carbonyl (C=O) groups excluding carboxylic acids is 2. The molecule has 2 amide bonds. The lowest BCUT2D eigenvalue weighted by atomic mass is 10.2. The van der Waals surface area contributed by atoms with E-state index in [1.165, 1.54) is 11.3 Å². The van der Waals surface area contributed by atoms with Crippen molar-refractivity contribution in [3.8, 4) is 0 Å². The molecule has 0 spiro atoms. The van der Waals surface area contributed by atoms with Gasteiger partial charge in [-0.2, -0.15) is 0 Å². The molecule has 27 heavy (non-hydrogen) atoms. The molecule has 0 radical (unpaired) electrons. The van der Waals surface area contributed by atoms with Gasteiger partial charge in [-0.05, 0) is 37.7 Å². The van der Waals surface area contributed by atoms with Gasteiger partial charge in [0.05, 0.1) is 22.8 Å². The summed E-state index contributed by atoms with van der Waals surface area (Å²) in [4.78, 5) is 30.8. The molecule has 0 atom stereocenters. The minimum atomic E-state index is -0.226. The summed E-state index contributed by atoms with van der Waals surface area (Å²) < 4.78 is 0. The number of hydrogen-bond acceptors (Lipinski definition) is 5. The van der Waals surface area contributed by atoms with E-state index in [9.17, 15) is 9.59 Å². The molecule has 0 unspecified atom stereocenters. The highest BCUT2D eigenvalue weighted by Gasteiger charge is 2.19. The minimum Gasteiger partial charge on any atom is -0.367 e. The van der Waals surface area contributed by atoms with Crippen LogP contribution in [0.25, 0.3) is 0 Å². The molecule has 0 bridgehead atoms. The maximum Gasteiger partial charge on any atom is 0.261 e. The van der Waals surface area contributed by atoms with Crippen molar-refractivity contribution in [1.82, 2.24) is 10.2 Å². The topological polar surface area (TPSA) is 64.7 Å². The first-order valence-electron chi connectivity index (χ1n) is 9.27. The number of carbonyl (C=O) groups is 2. The van der Waals surface area contributed by atoms with Crippen LogP contribution in [0.1, 0.15) is 21.5 Å². The van der Waals surface area contributed by atoms with Crippen molar-refractivity contribution < 1.29 is 9.59 Å². The van der Waals surface area contributed by atoms with Gasteiger partial charge >= 0.3 is 0 Å². The molecule has 3 rings (SSSR count). The molecule has 1 aliphatic heterocycles. The fourth-order valence-electron chi connectivity index (χ4n) is 3.16. The number of thiophene rings is 1. The number of nitrogens with one attached hydrogen (secondary N) is 2. The summed E-state index contributed by atoms with van der Waals surface area (Å²) >= 11 is 1.42. The summed E-state index contributed by atoms with van der Waals surface area (Å²) in [6, 6.07) is 11.5. The Labute approximate surface area is 164 Å². The third-order valence-corrected chi connectivity index (χ3v) is 5.71. The standard InChI is InChI=1S/C20H26N4O2S/c1-3-23-10-12-24(13-11-23)17-7-5-4-6-16(17)22-19(25)14-21-20(26)18-9-8-15(2)27-18/h4-9H,3,10-14H2,1-2H3,(H,21,26)(H,22,25). The average Bonchev–Trinajstić information content (AvgIpc) is 3.13. The normalized spacial score (nSPS) is 14.8. The summed E-state index contributed by atoms with van der Waals surface area (Å²) in [5.74, 6) is -0.441. The minimum absolute atomic E-state index is 0.0479. The highest BCUT2D eigenvalue weighted by atomic mass is 32.1. The van der Waals surface area contributed by atoms with Crippen LogP contribution in [0, 0.1) is 6.92 Å². The molecule has 0 aliphatic carbocycles. The molecule has 1 aromatic carbocycles. The predicted octanol–water partition coefficient (Wildman–Crippen LogP) is 2.57. The fourth-order valence-corrected chi connectivity index (χ4v) is 3.94. The molecule has 0 saturated carbocycles. The quantitative estimate of drug-likeness (QED) is 0.801. The van der Waals surface area contributed by atoms with Crippen LogP contribution in [-0.4, -0.2) is 56.0 Å². The van der Waals surface area contributed by atoms with E-state index in [-0.39, 0.29) is 18.4 Å². The molecule has 2 N–H and O–H groups in total. The van der Waals surface area contributed by atoms with Crippen molar-refractivity contribution in [1.29, 1.82) is 0 Å². The van der Waals surface area contributed by atoms with Crippen LogP contribution in [0.15, 0.2) is 36.4 Å². The second kappa shape index (κ2) is 9.01. The number of aryl methyl sites for hydroxylation is 1. The number of rotatable bonds is 6. The van der Waals surface area contributed by atoms with Crippen molar-refractivity contribution in [3.05, 3.63) is 46.2 Å². The Bertz CT molecular complexity index is 797. The lowest BCUT2D eigenvalue weighted by molar-refractivity contribution is -0.115. The Kier molecular flexibility index (Phi) is 6.47. The van der Waals surface area contributed by atoms with Gasteiger partial charge in [0.25, 0.3) is 5.91 Å². The lowest BCUT2D eigenvalue weighted by Gasteiger charge is -2.36. The zero-order valence-corrected chi connectivity index (χ0v) is 16.6. The Morgan fingerprint density at radius 3 is 2.48 bits per heavy atom. The maximum atomic E-state index is 12.3. The van der Waals surface area contributed by atoms with Gasteiger partial charge in [-0.25, -0.2) is 0 Å². The van der Waals surface area contributed by atoms with Gasteiger partial charge in [-0.1, -0.05) is 19.1 Å². The van der Waals surface area contributed by atoms with E-state index in [0.717, 1.165) is 49.0 Å². The summed E-state index contributed by atoms with van der Waals surface area (Å²) in [6.07, 6.45) is 0. The Hall–Kier alpha value is -2.38. The molecule has 2 heterocycles. The molecule has 7 heteroatoms. The van der Waals surface area contributed by atoms with Gasteiger partial charge in [0, 0.05) is 31.1 Å². The molecule has 1 fully saturated rings. The molecule has 1 saturated heterocycles. The van der Waals surface area contributed by atoms with E-state index in [4.69, 9.17) is 0 Å². The monoisotopic (exact) mass is 386 g/mol. The van der Waals surface area contributed by atoms with Gasteiger partial charge in [0.15, 0.2) is 0 Å². The summed E-state index contributed by atoms with van der Waals surface area (Å²) in [7, 11) is 0. The lowest BCUT2D eigenvalue weighted by Crippen LogP contribution is -2.46. The van der Waals surface area contributed by atoms with Gasteiger partial charge in [0.1, 0.15) is 0 Å². The maximum absolute atomic E-state index is 12.3. The van der Waals surface area contributed by atoms with Crippen LogP contribution in [0.2, 0.25) is 0 Å². The van der Waals surface area contributed by atoms with E-state index < -0.39 is 0 Å². The highest BCUT2D eigenvalue weighted by molar-refractivity contribution is 7.13. The van der Waals surface area contributed by atoms with Crippen LogP contribution < -0.4 is 15.5 Å². The highest BCUT2D eigenvalue weighted by Crippen LogP contribution is 2.26. The number of likely N-dealkylation sites (N-methyl/N-ethyl adjacent to an activating group) is 1. The van der Waals surface area contributed by atoms with Crippen LogP contribution in [0.3, 0.4) is 0 Å². The van der Waals surface area contributed by atoms with Crippen LogP contribution >= 0.6 is 11.3 Å². The third kappa shape index (κ3) is 5.08. The number of anilines is 2. The number of para-hydroxylation sites is 2. The summed E-state index contributed by atoms with van der Waals surface area (Å²) in [5.41, 5.74) is 1.82. The van der Waals surface area contributed by atoms with Crippen molar-refractivity contribution in [2.75, 3.05) is 49.5 Å². The van der Waals surface area contributed by atoms with Gasteiger partial charge < -0.3 is 20.4 Å². The van der Waals surface area contributed by atoms with Gasteiger partial charge in [0.2, 0.25) is 5.91 Å². The number of amides is 2. The molecule has 1 aliphatic rings. The molecule has 144 valence electrons. The number of piperazine rings is 1. The average molecular weight is 387 g/mol. The van der Waals surface area contributed by atoms with Gasteiger partial charge in [-0.15, -0.1) is 11.3 Å². The summed E-state index contributed by atoms with van der Waals surface area (Å²) in [5, 5.41) is 5.62. The Morgan fingerprint density at radius 1 is 1.07 bits per heavy atom. The number of hydrogen-bond donors (Lipinski definition) is 2. The number of benzene rings is 1. The first kappa shape index (κ1) is 19.4. The Balaban J connectivity index is 1.57. The molecule has 2 aromatic rings. The van der Waals surface area contributed by atoms with Crippen LogP contribution in [-0.2, 0) is 4.79 Å². The van der Waals surface area contributed by atoms with E-state index in [1.54, 1.807) is 6.07 Å². The van der Waals surface area contributed by atoms with Crippen molar-refractivity contribution in [2.24, 2.45) is 0 Å². The zero-order chi connectivity index (χ0) is 19.2. The zero-order valence-electron chi connectivity index (χ0n) is 15.8. The van der Waals surface area contributed by atoms with Gasteiger partial charge in [-0.3, -0.25) is 9.59 Å². The van der Waals surface area contributed by atoms with Crippen molar-refractivity contribution >= 4 is 34.5 Å². The van der Waals surface area contributed by atoms with Crippen molar-refractivity contribution in [3.63, 3.8) is 0 Å². The van der Waals surface area contributed by atoms with Crippen LogP contribution in [0.5, 0.6) is 0 Å². The molecular formula is C20H26N4O2S. The molecular weight excluding hydrogens is 360 g/mol. The van der Waals surface area contributed by atoms with E-state index >= 15 is 0 Å². The fraction of sp³-hybridized carbons (Fsp3) is 0.400. The first-order valence-corrected chi connectivity index (χ1v) is 10.1. The van der Waals surface area contributed by atoms with Crippen molar-refractivity contribution in [2.45, 2.75) is 13.8 Å². The molecule has 6 nitrogen and oxygen atoms in total. The third-order valence-electron chi connectivity index (χ3n) is 4.71. The second-order valence-corrected chi connectivity index (χ2v) is 7.87. The van der Waals surface area contributed by atoms with Crippen LogP contribution in [0.4, 0.5) is 11.4 Å². The molecule has 1 aromatic heterocycles. The van der Waals surface area contributed by atoms with E-state index in [0.29, 0.717) is 4.88 Å². The predicted molar refractivity (Wildman–Crippen MR) is 111 cm³/mol. The second-order valence-electron chi connectivity index (χ2n) is 6.58. The smallest absolute Gasteiger partial charge is 0.261 e. The SMILES string of the molecule is CCN1CCN(c2ccccc2NC(=O)CNC(=O)c2ccc(C)s2)CC1. The summed E-state index contributed by atoms with van der Waals surface area (Å²) in [6.45, 7) is 9.07. The Morgan fingerprint density at radius 2 is 1.81 bits per heavy atom. The number of nitrogens with zero attached hydrogens (tertiary/aromatic N) is 2.